The Bertz CT molecular complexity index is 552. The Morgan fingerprint density at radius 2 is 2.05 bits per heavy atom. The van der Waals surface area contributed by atoms with E-state index in [0.717, 1.165) is 19.3 Å². The van der Waals surface area contributed by atoms with Crippen molar-refractivity contribution in [1.29, 1.82) is 0 Å². The van der Waals surface area contributed by atoms with Crippen LogP contribution in [0.3, 0.4) is 0 Å². The van der Waals surface area contributed by atoms with E-state index in [1.54, 1.807) is 18.2 Å². The third-order valence-corrected chi connectivity index (χ3v) is 5.44. The second-order valence-corrected chi connectivity index (χ2v) is 7.69. The average Bonchev–Trinajstić information content (AvgIpc) is 2.32. The van der Waals surface area contributed by atoms with E-state index < -0.39 is 10.0 Å². The van der Waals surface area contributed by atoms with Gasteiger partial charge in [0.1, 0.15) is 0 Å². The molecule has 0 heterocycles. The number of anilines is 1. The summed E-state index contributed by atoms with van der Waals surface area (Å²) in [5.41, 5.74) is 6.12. The van der Waals surface area contributed by atoms with Gasteiger partial charge in [0.25, 0.3) is 0 Å². The zero-order valence-electron chi connectivity index (χ0n) is 11.5. The summed E-state index contributed by atoms with van der Waals surface area (Å²) in [6.07, 6.45) is 4.20. The molecule has 1 aliphatic rings. The third-order valence-electron chi connectivity index (χ3n) is 3.97. The average molecular weight is 282 g/mol. The summed E-state index contributed by atoms with van der Waals surface area (Å²) in [5.74, 6) is 0. The molecule has 5 heteroatoms. The van der Waals surface area contributed by atoms with Crippen LogP contribution in [0.15, 0.2) is 29.2 Å². The van der Waals surface area contributed by atoms with Crippen LogP contribution in [0.5, 0.6) is 0 Å². The highest BCUT2D eigenvalue weighted by molar-refractivity contribution is 7.89. The van der Waals surface area contributed by atoms with Crippen molar-refractivity contribution in [3.8, 4) is 0 Å². The molecule has 1 saturated carbocycles. The van der Waals surface area contributed by atoms with Crippen LogP contribution in [0.25, 0.3) is 0 Å². The molecule has 1 aliphatic carbocycles. The molecule has 4 nitrogen and oxygen atoms in total. The van der Waals surface area contributed by atoms with E-state index in [-0.39, 0.29) is 16.4 Å². The quantitative estimate of drug-likeness (QED) is 0.837. The van der Waals surface area contributed by atoms with Crippen molar-refractivity contribution in [3.63, 3.8) is 0 Å². The molecule has 2 rings (SSSR count). The molecule has 0 saturated heterocycles. The zero-order chi connectivity index (χ0) is 14.1. The number of nitrogen functional groups attached to an aromatic ring is 1. The molecular weight excluding hydrogens is 260 g/mol. The Hall–Kier alpha value is -1.07. The summed E-state index contributed by atoms with van der Waals surface area (Å²) in [6, 6.07) is 6.42. The minimum Gasteiger partial charge on any atom is -0.399 e. The SMILES string of the molecule is CC1(C)CCCCC1NS(=O)(=O)c1cccc(N)c1. The molecule has 1 unspecified atom stereocenters. The summed E-state index contributed by atoms with van der Waals surface area (Å²) in [4.78, 5) is 0.244. The zero-order valence-corrected chi connectivity index (χ0v) is 12.3. The highest BCUT2D eigenvalue weighted by Gasteiger charge is 2.35. The molecule has 1 atom stereocenters. The summed E-state index contributed by atoms with van der Waals surface area (Å²) < 4.78 is 27.6. The van der Waals surface area contributed by atoms with Crippen LogP contribution in [-0.2, 0) is 10.0 Å². The molecule has 106 valence electrons. The lowest BCUT2D eigenvalue weighted by molar-refractivity contribution is 0.188. The molecular formula is C14H22N2O2S. The van der Waals surface area contributed by atoms with Crippen LogP contribution in [0.4, 0.5) is 5.69 Å². The molecule has 0 aromatic heterocycles. The smallest absolute Gasteiger partial charge is 0.240 e. The van der Waals surface area contributed by atoms with Gasteiger partial charge in [-0.2, -0.15) is 0 Å². The number of sulfonamides is 1. The highest BCUT2D eigenvalue weighted by atomic mass is 32.2. The predicted octanol–water partition coefficient (Wildman–Crippen LogP) is 2.52. The molecule has 19 heavy (non-hydrogen) atoms. The Kier molecular flexibility index (Phi) is 3.87. The molecule has 1 aromatic carbocycles. The maximum atomic E-state index is 12.4. The van der Waals surface area contributed by atoms with Crippen molar-refractivity contribution in [1.82, 2.24) is 4.72 Å². The Morgan fingerprint density at radius 1 is 1.32 bits per heavy atom. The van der Waals surface area contributed by atoms with Gasteiger partial charge in [-0.1, -0.05) is 32.8 Å². The van der Waals surface area contributed by atoms with E-state index in [1.165, 1.54) is 12.5 Å². The fraction of sp³-hybridized carbons (Fsp3) is 0.571. The van der Waals surface area contributed by atoms with Gasteiger partial charge in [-0.15, -0.1) is 0 Å². The summed E-state index contributed by atoms with van der Waals surface area (Å²) >= 11 is 0. The molecule has 1 aromatic rings. The van der Waals surface area contributed by atoms with E-state index >= 15 is 0 Å². The third kappa shape index (κ3) is 3.28. The van der Waals surface area contributed by atoms with Gasteiger partial charge in [0.2, 0.25) is 10.0 Å². The van der Waals surface area contributed by atoms with Gasteiger partial charge in [0.15, 0.2) is 0 Å². The van der Waals surface area contributed by atoms with Crippen LogP contribution in [-0.4, -0.2) is 14.5 Å². The first kappa shape index (κ1) is 14.3. The van der Waals surface area contributed by atoms with E-state index in [9.17, 15) is 8.42 Å². The monoisotopic (exact) mass is 282 g/mol. The van der Waals surface area contributed by atoms with Crippen molar-refractivity contribution in [2.75, 3.05) is 5.73 Å². The standard InChI is InChI=1S/C14H22N2O2S/c1-14(2)9-4-3-8-13(14)16-19(17,18)12-7-5-6-11(15)10-12/h5-7,10,13,16H,3-4,8-9,15H2,1-2H3. The van der Waals surface area contributed by atoms with E-state index in [1.807, 2.05) is 0 Å². The number of nitrogens with two attached hydrogens (primary N) is 1. The molecule has 0 radical (unpaired) electrons. The molecule has 0 amide bonds. The Balaban J connectivity index is 2.22. The van der Waals surface area contributed by atoms with Crippen molar-refractivity contribution in [3.05, 3.63) is 24.3 Å². The van der Waals surface area contributed by atoms with E-state index in [2.05, 4.69) is 18.6 Å². The minimum absolute atomic E-state index is 0.00560. The topological polar surface area (TPSA) is 72.2 Å². The first-order valence-electron chi connectivity index (χ1n) is 6.69. The van der Waals surface area contributed by atoms with Gasteiger partial charge in [-0.25, -0.2) is 13.1 Å². The normalized spacial score (nSPS) is 23.2. The molecule has 0 spiro atoms. The molecule has 0 aliphatic heterocycles. The Labute approximate surface area is 115 Å². The van der Waals surface area contributed by atoms with E-state index in [4.69, 9.17) is 5.73 Å². The molecule has 1 fully saturated rings. The summed E-state index contributed by atoms with van der Waals surface area (Å²) in [6.45, 7) is 4.25. The largest absolute Gasteiger partial charge is 0.399 e. The predicted molar refractivity (Wildman–Crippen MR) is 77.2 cm³/mol. The van der Waals surface area contributed by atoms with Gasteiger partial charge < -0.3 is 5.73 Å². The lowest BCUT2D eigenvalue weighted by Crippen LogP contribution is -2.46. The van der Waals surface area contributed by atoms with Crippen molar-refractivity contribution in [2.24, 2.45) is 5.41 Å². The number of nitrogens with one attached hydrogen (secondary N) is 1. The number of benzene rings is 1. The lowest BCUT2D eigenvalue weighted by Gasteiger charge is -2.38. The van der Waals surface area contributed by atoms with Crippen LogP contribution < -0.4 is 10.5 Å². The second-order valence-electron chi connectivity index (χ2n) is 5.98. The van der Waals surface area contributed by atoms with Crippen LogP contribution in [0.1, 0.15) is 39.5 Å². The van der Waals surface area contributed by atoms with Gasteiger partial charge >= 0.3 is 0 Å². The van der Waals surface area contributed by atoms with Crippen molar-refractivity contribution in [2.45, 2.75) is 50.5 Å². The fourth-order valence-electron chi connectivity index (χ4n) is 2.65. The van der Waals surface area contributed by atoms with Gasteiger partial charge in [-0.3, -0.25) is 0 Å². The summed E-state index contributed by atoms with van der Waals surface area (Å²) in [7, 11) is -3.48. The van der Waals surface area contributed by atoms with Crippen LogP contribution >= 0.6 is 0 Å². The number of hydrogen-bond acceptors (Lipinski definition) is 3. The molecule has 3 N–H and O–H groups in total. The highest BCUT2D eigenvalue weighted by Crippen LogP contribution is 2.36. The second kappa shape index (κ2) is 5.13. The van der Waals surface area contributed by atoms with Crippen LogP contribution in [0, 0.1) is 5.41 Å². The minimum atomic E-state index is -3.48. The summed E-state index contributed by atoms with van der Waals surface area (Å²) in [5, 5.41) is 0. The first-order chi connectivity index (χ1) is 8.81. The van der Waals surface area contributed by atoms with Crippen molar-refractivity contribution < 1.29 is 8.42 Å². The first-order valence-corrected chi connectivity index (χ1v) is 8.17. The van der Waals surface area contributed by atoms with Crippen molar-refractivity contribution >= 4 is 15.7 Å². The van der Waals surface area contributed by atoms with E-state index in [0.29, 0.717) is 5.69 Å². The maximum absolute atomic E-state index is 12.4. The van der Waals surface area contributed by atoms with Gasteiger partial charge in [-0.05, 0) is 36.5 Å². The van der Waals surface area contributed by atoms with Gasteiger partial charge in [0, 0.05) is 11.7 Å². The van der Waals surface area contributed by atoms with Gasteiger partial charge in [0.05, 0.1) is 4.90 Å². The number of rotatable bonds is 3. The Morgan fingerprint density at radius 3 is 2.68 bits per heavy atom. The fourth-order valence-corrected chi connectivity index (χ4v) is 4.15. The molecule has 0 bridgehead atoms. The van der Waals surface area contributed by atoms with Crippen LogP contribution in [0.2, 0.25) is 0 Å². The maximum Gasteiger partial charge on any atom is 0.240 e. The number of hydrogen-bond donors (Lipinski definition) is 2. The lowest BCUT2D eigenvalue weighted by atomic mass is 9.74.